The van der Waals surface area contributed by atoms with Gasteiger partial charge in [0.25, 0.3) is 5.91 Å². The zero-order valence-corrected chi connectivity index (χ0v) is 15.3. The van der Waals surface area contributed by atoms with Gasteiger partial charge < -0.3 is 14.4 Å². The Morgan fingerprint density at radius 3 is 2.42 bits per heavy atom. The average molecular weight is 358 g/mol. The van der Waals surface area contributed by atoms with E-state index in [4.69, 9.17) is 9.05 Å². The molecule has 0 aromatic carbocycles. The summed E-state index contributed by atoms with van der Waals surface area (Å²) in [6, 6.07) is 0. The molecular weight excluding hydrogens is 332 g/mol. The van der Waals surface area contributed by atoms with Gasteiger partial charge >= 0.3 is 0 Å². The smallest absolute Gasteiger partial charge is 0.274 e. The number of amides is 1. The van der Waals surface area contributed by atoms with Gasteiger partial charge in [-0.3, -0.25) is 4.79 Å². The van der Waals surface area contributed by atoms with Crippen molar-refractivity contribution in [3.8, 4) is 0 Å². The Morgan fingerprint density at radius 2 is 1.69 bits per heavy atom. The zero-order chi connectivity index (χ0) is 18.0. The third kappa shape index (κ3) is 3.27. The number of fused-ring (bicyclic) bond motifs is 1. The number of carbonyl (C=O) groups is 1. The molecule has 1 amide bonds. The molecule has 0 aliphatic heterocycles. The molecule has 26 heavy (non-hydrogen) atoms. The van der Waals surface area contributed by atoms with Gasteiger partial charge in [0.15, 0.2) is 11.5 Å². The highest BCUT2D eigenvalue weighted by atomic mass is 16.5. The number of carbonyl (C=O) groups excluding carboxylic acids is 1. The maximum atomic E-state index is 13.1. The minimum atomic E-state index is -0.581. The zero-order valence-electron chi connectivity index (χ0n) is 15.3. The van der Waals surface area contributed by atoms with Crippen LogP contribution >= 0.6 is 0 Å². The molecule has 0 unspecified atom stereocenters. The summed E-state index contributed by atoms with van der Waals surface area (Å²) in [6.07, 6.45) is 11.1. The monoisotopic (exact) mass is 358 g/mol. The van der Waals surface area contributed by atoms with Crippen LogP contribution in [0.1, 0.15) is 91.3 Å². The van der Waals surface area contributed by atoms with Crippen LogP contribution in [0.15, 0.2) is 9.05 Å². The van der Waals surface area contributed by atoms with E-state index in [1.165, 1.54) is 0 Å². The summed E-state index contributed by atoms with van der Waals surface area (Å²) < 4.78 is 10.7. The summed E-state index contributed by atoms with van der Waals surface area (Å²) in [4.78, 5) is 17.6. The van der Waals surface area contributed by atoms with Gasteiger partial charge in [-0.15, -0.1) is 0 Å². The van der Waals surface area contributed by atoms with Crippen LogP contribution in [0.4, 0.5) is 0 Å². The van der Waals surface area contributed by atoms with E-state index in [2.05, 4.69) is 20.6 Å². The SMILES string of the molecule is Cc1nc(C2(NC(=O)c3noc4c3CCCCC4)CCCCCC2)no1. The normalized spacial score (nSPS) is 20.0. The van der Waals surface area contributed by atoms with Gasteiger partial charge in [0.1, 0.15) is 11.3 Å². The second kappa shape index (κ2) is 7.21. The molecule has 2 aromatic heterocycles. The molecule has 1 N–H and O–H groups in total. The molecule has 2 aliphatic rings. The molecule has 0 bridgehead atoms. The molecule has 0 atom stereocenters. The largest absolute Gasteiger partial charge is 0.360 e. The first-order valence-corrected chi connectivity index (χ1v) is 9.79. The fraction of sp³-hybridized carbons (Fsp3) is 0.684. The highest BCUT2D eigenvalue weighted by Gasteiger charge is 2.40. The molecule has 0 saturated heterocycles. The quantitative estimate of drug-likeness (QED) is 0.665. The van der Waals surface area contributed by atoms with E-state index in [9.17, 15) is 4.79 Å². The molecule has 7 heteroatoms. The molecule has 1 fully saturated rings. The third-order valence-electron chi connectivity index (χ3n) is 5.68. The Balaban J connectivity index is 1.63. The summed E-state index contributed by atoms with van der Waals surface area (Å²) in [5.41, 5.74) is 0.834. The van der Waals surface area contributed by atoms with Gasteiger partial charge in [-0.1, -0.05) is 42.4 Å². The van der Waals surface area contributed by atoms with Crippen LogP contribution in [0.3, 0.4) is 0 Å². The first-order valence-electron chi connectivity index (χ1n) is 9.79. The minimum absolute atomic E-state index is 0.179. The number of hydrogen-bond acceptors (Lipinski definition) is 6. The summed E-state index contributed by atoms with van der Waals surface area (Å²) in [5.74, 6) is 1.80. The summed E-state index contributed by atoms with van der Waals surface area (Å²) in [5, 5.41) is 11.5. The lowest BCUT2D eigenvalue weighted by Crippen LogP contribution is -2.46. The lowest BCUT2D eigenvalue weighted by molar-refractivity contribution is 0.0866. The number of nitrogens with one attached hydrogen (secondary N) is 1. The molecule has 140 valence electrons. The average Bonchev–Trinajstić information content (AvgIpc) is 3.07. The standard InChI is InChI=1S/C19H26N4O3/c1-13-20-18(23-25-13)19(11-7-2-3-8-12-19)21-17(24)16-14-9-5-4-6-10-15(14)26-22-16/h2-12H2,1H3,(H,21,24). The van der Waals surface area contributed by atoms with Crippen LogP contribution in [0.5, 0.6) is 0 Å². The number of hydrogen-bond donors (Lipinski definition) is 1. The highest BCUT2D eigenvalue weighted by Crippen LogP contribution is 2.35. The van der Waals surface area contributed by atoms with Crippen molar-refractivity contribution < 1.29 is 13.8 Å². The van der Waals surface area contributed by atoms with E-state index in [1.54, 1.807) is 6.92 Å². The van der Waals surface area contributed by atoms with Crippen LogP contribution in [-0.4, -0.2) is 21.2 Å². The Kier molecular flexibility index (Phi) is 4.78. The van der Waals surface area contributed by atoms with Crippen LogP contribution in [0.2, 0.25) is 0 Å². The third-order valence-corrected chi connectivity index (χ3v) is 5.68. The summed E-state index contributed by atoms with van der Waals surface area (Å²) >= 11 is 0. The minimum Gasteiger partial charge on any atom is -0.360 e. The molecule has 2 aromatic rings. The first-order chi connectivity index (χ1) is 12.7. The molecule has 1 saturated carbocycles. The lowest BCUT2D eigenvalue weighted by Gasteiger charge is -2.30. The van der Waals surface area contributed by atoms with Crippen LogP contribution in [0.25, 0.3) is 0 Å². The predicted molar refractivity (Wildman–Crippen MR) is 93.6 cm³/mol. The molecule has 0 radical (unpaired) electrons. The fourth-order valence-corrected chi connectivity index (χ4v) is 4.25. The van der Waals surface area contributed by atoms with Crippen molar-refractivity contribution in [3.63, 3.8) is 0 Å². The Bertz CT molecular complexity index is 772. The van der Waals surface area contributed by atoms with Crippen LogP contribution < -0.4 is 5.32 Å². The predicted octanol–water partition coefficient (Wildman–Crippen LogP) is 3.61. The Labute approximate surface area is 152 Å². The summed E-state index contributed by atoms with van der Waals surface area (Å²) in [6.45, 7) is 1.78. The molecule has 2 heterocycles. The van der Waals surface area contributed by atoms with Crippen LogP contribution in [0, 0.1) is 6.92 Å². The first kappa shape index (κ1) is 17.2. The van der Waals surface area contributed by atoms with Crippen molar-refractivity contribution in [1.82, 2.24) is 20.6 Å². The molecule has 0 spiro atoms. The van der Waals surface area contributed by atoms with Crippen molar-refractivity contribution in [2.75, 3.05) is 0 Å². The van der Waals surface area contributed by atoms with E-state index in [0.717, 1.165) is 82.0 Å². The van der Waals surface area contributed by atoms with E-state index in [-0.39, 0.29) is 5.91 Å². The second-order valence-corrected chi connectivity index (χ2v) is 7.58. The topological polar surface area (TPSA) is 94.1 Å². The second-order valence-electron chi connectivity index (χ2n) is 7.58. The van der Waals surface area contributed by atoms with Gasteiger partial charge in [0.2, 0.25) is 5.89 Å². The van der Waals surface area contributed by atoms with Crippen molar-refractivity contribution in [2.24, 2.45) is 0 Å². The highest BCUT2D eigenvalue weighted by molar-refractivity contribution is 5.94. The van der Waals surface area contributed by atoms with Crippen molar-refractivity contribution >= 4 is 5.91 Å². The molecule has 7 nitrogen and oxygen atoms in total. The lowest BCUT2D eigenvalue weighted by atomic mass is 9.88. The van der Waals surface area contributed by atoms with Gasteiger partial charge in [-0.25, -0.2) is 0 Å². The van der Waals surface area contributed by atoms with E-state index >= 15 is 0 Å². The number of aryl methyl sites for hydroxylation is 2. The van der Waals surface area contributed by atoms with Gasteiger partial charge in [0, 0.05) is 18.9 Å². The number of aromatic nitrogens is 3. The molecular formula is C19H26N4O3. The van der Waals surface area contributed by atoms with Crippen LogP contribution in [-0.2, 0) is 18.4 Å². The van der Waals surface area contributed by atoms with Crippen molar-refractivity contribution in [3.05, 3.63) is 28.7 Å². The van der Waals surface area contributed by atoms with Crippen molar-refractivity contribution in [1.29, 1.82) is 0 Å². The van der Waals surface area contributed by atoms with Gasteiger partial charge in [-0.2, -0.15) is 4.98 Å². The van der Waals surface area contributed by atoms with Gasteiger partial charge in [-0.05, 0) is 32.1 Å². The Hall–Kier alpha value is -2.18. The number of rotatable bonds is 3. The van der Waals surface area contributed by atoms with E-state index < -0.39 is 5.54 Å². The molecule has 2 aliphatic carbocycles. The maximum Gasteiger partial charge on any atom is 0.274 e. The maximum absolute atomic E-state index is 13.1. The number of nitrogens with zero attached hydrogens (tertiary/aromatic N) is 3. The van der Waals surface area contributed by atoms with Gasteiger partial charge in [0.05, 0.1) is 0 Å². The fourth-order valence-electron chi connectivity index (χ4n) is 4.25. The summed E-state index contributed by atoms with van der Waals surface area (Å²) in [7, 11) is 0. The van der Waals surface area contributed by atoms with E-state index in [1.807, 2.05) is 0 Å². The Morgan fingerprint density at radius 1 is 0.962 bits per heavy atom. The van der Waals surface area contributed by atoms with Crippen molar-refractivity contribution in [2.45, 2.75) is 83.1 Å². The van der Waals surface area contributed by atoms with E-state index in [0.29, 0.717) is 17.4 Å². The molecule has 4 rings (SSSR count).